The first-order chi connectivity index (χ1) is 28.7. The molecule has 11 rings (SSSR count). The van der Waals surface area contributed by atoms with Gasteiger partial charge in [0.2, 0.25) is 0 Å². The van der Waals surface area contributed by atoms with Crippen molar-refractivity contribution in [2.45, 2.75) is 0 Å². The van der Waals surface area contributed by atoms with Crippen molar-refractivity contribution in [1.29, 1.82) is 0 Å². The smallest absolute Gasteiger partial charge is 0.133 e. The highest BCUT2D eigenvalue weighted by Gasteiger charge is 2.22. The molecule has 0 saturated carbocycles. The third kappa shape index (κ3) is 5.61. The first kappa shape index (κ1) is 34.0. The Labute approximate surface area is 339 Å². The number of rotatable bonds is 7. The summed E-state index contributed by atoms with van der Waals surface area (Å²) < 4.78 is 20.4. The molecule has 0 aliphatic carbocycles. The molecule has 0 aliphatic rings. The summed E-state index contributed by atoms with van der Waals surface area (Å²) in [5.41, 5.74) is 13.0. The van der Waals surface area contributed by atoms with Gasteiger partial charge in [0.1, 0.15) is 5.82 Å². The van der Waals surface area contributed by atoms with Crippen molar-refractivity contribution < 1.29 is 4.39 Å². The number of hydrogen-bond acceptors (Lipinski definition) is 2. The Kier molecular flexibility index (Phi) is 8.23. The molecule has 0 radical (unpaired) electrons. The second-order valence-electron chi connectivity index (χ2n) is 14.6. The van der Waals surface area contributed by atoms with E-state index >= 15 is 4.39 Å². The van der Waals surface area contributed by atoms with E-state index in [1.165, 1.54) is 42.4 Å². The number of aromatic nitrogens is 1. The van der Waals surface area contributed by atoms with E-state index in [2.05, 4.69) is 179 Å². The monoisotopic (exact) mass is 762 g/mol. The lowest BCUT2D eigenvalue weighted by atomic mass is 10.00. The summed E-state index contributed by atoms with van der Waals surface area (Å²) in [7, 11) is 0. The average molecular weight is 763 g/mol. The van der Waals surface area contributed by atoms with Gasteiger partial charge in [0.05, 0.1) is 22.4 Å². The van der Waals surface area contributed by atoms with Gasteiger partial charge in [0, 0.05) is 42.3 Å². The lowest BCUT2D eigenvalue weighted by molar-refractivity contribution is 0.640. The zero-order valence-corrected chi connectivity index (χ0v) is 32.2. The van der Waals surface area contributed by atoms with Crippen molar-refractivity contribution in [2.24, 2.45) is 0 Å². The minimum absolute atomic E-state index is 0.223. The second kappa shape index (κ2) is 14.0. The Morgan fingerprint density at radius 3 is 1.53 bits per heavy atom. The predicted octanol–water partition coefficient (Wildman–Crippen LogP) is 15.8. The van der Waals surface area contributed by atoms with Gasteiger partial charge in [-0.25, -0.2) is 4.39 Å². The molecule has 2 aromatic heterocycles. The van der Waals surface area contributed by atoms with Crippen molar-refractivity contribution >= 4 is 70.4 Å². The van der Waals surface area contributed by atoms with E-state index in [0.717, 1.165) is 50.3 Å². The Morgan fingerprint density at radius 2 is 0.862 bits per heavy atom. The van der Waals surface area contributed by atoms with E-state index in [9.17, 15) is 0 Å². The first-order valence-corrected chi connectivity index (χ1v) is 20.4. The third-order valence-corrected chi connectivity index (χ3v) is 12.6. The molecule has 0 amide bonds. The summed E-state index contributed by atoms with van der Waals surface area (Å²) in [5, 5.41) is 4.07. The molecule has 11 aromatic rings. The molecule has 9 aromatic carbocycles. The number of hydrogen-bond donors (Lipinski definition) is 0. The van der Waals surface area contributed by atoms with Gasteiger partial charge >= 0.3 is 0 Å². The van der Waals surface area contributed by atoms with Crippen LogP contribution in [-0.2, 0) is 0 Å². The maximum atomic E-state index is 15.6. The Bertz CT molecular complexity index is 3270. The fraction of sp³-hybridized carbons (Fsp3) is 0. The third-order valence-electron chi connectivity index (χ3n) is 11.3. The van der Waals surface area contributed by atoms with Crippen LogP contribution in [0.3, 0.4) is 0 Å². The van der Waals surface area contributed by atoms with Crippen LogP contribution in [0.15, 0.2) is 212 Å². The van der Waals surface area contributed by atoms with E-state index in [-0.39, 0.29) is 5.82 Å². The summed E-state index contributed by atoms with van der Waals surface area (Å²) in [5.74, 6) is -0.223. The van der Waals surface area contributed by atoms with Crippen LogP contribution < -0.4 is 4.90 Å². The predicted molar refractivity (Wildman–Crippen MR) is 245 cm³/mol. The largest absolute Gasteiger partial charge is 0.308 e. The van der Waals surface area contributed by atoms with Crippen LogP contribution in [0.2, 0.25) is 0 Å². The summed E-state index contributed by atoms with van der Waals surface area (Å²) in [6.45, 7) is 0. The molecule has 58 heavy (non-hydrogen) atoms. The van der Waals surface area contributed by atoms with Crippen LogP contribution in [0.4, 0.5) is 21.5 Å². The van der Waals surface area contributed by atoms with Crippen molar-refractivity contribution in [3.05, 3.63) is 218 Å². The van der Waals surface area contributed by atoms with Crippen LogP contribution in [-0.4, -0.2) is 4.57 Å². The molecule has 0 saturated heterocycles. The fourth-order valence-corrected chi connectivity index (χ4v) is 9.99. The van der Waals surface area contributed by atoms with E-state index < -0.39 is 0 Å². The summed E-state index contributed by atoms with van der Waals surface area (Å²) in [4.78, 5) is 2.32. The van der Waals surface area contributed by atoms with Crippen molar-refractivity contribution in [1.82, 2.24) is 4.57 Å². The Balaban J connectivity index is 1.08. The SMILES string of the molecule is Fc1cccc2c1c1ccccc1n2-c1ccccc1N(c1ccc(-c2ccccc2)cc1)c1ccc(-c2cccc3c2sc2c(-c4ccccc4)cccc23)cc1. The molecule has 274 valence electrons. The molecule has 2 heterocycles. The van der Waals surface area contributed by atoms with Crippen molar-refractivity contribution in [3.63, 3.8) is 0 Å². The van der Waals surface area contributed by atoms with E-state index in [4.69, 9.17) is 0 Å². The van der Waals surface area contributed by atoms with E-state index in [1.54, 1.807) is 12.1 Å². The Morgan fingerprint density at radius 1 is 0.379 bits per heavy atom. The number of para-hydroxylation sites is 3. The maximum Gasteiger partial charge on any atom is 0.133 e. The lowest BCUT2D eigenvalue weighted by Crippen LogP contribution is -2.13. The molecule has 0 fully saturated rings. The fourth-order valence-electron chi connectivity index (χ4n) is 8.62. The molecule has 2 nitrogen and oxygen atoms in total. The topological polar surface area (TPSA) is 8.17 Å². The van der Waals surface area contributed by atoms with Gasteiger partial charge in [-0.15, -0.1) is 11.3 Å². The zero-order chi connectivity index (χ0) is 38.6. The molecular weight excluding hydrogens is 728 g/mol. The molecule has 0 spiro atoms. The van der Waals surface area contributed by atoms with Crippen molar-refractivity contribution in [2.75, 3.05) is 4.90 Å². The number of thiophene rings is 1. The molecule has 0 aliphatic heterocycles. The number of nitrogens with zero attached hydrogens (tertiary/aromatic N) is 2. The molecule has 0 N–H and O–H groups in total. The van der Waals surface area contributed by atoms with Crippen LogP contribution in [0, 0.1) is 5.82 Å². The summed E-state index contributed by atoms with van der Waals surface area (Å²) >= 11 is 1.87. The highest BCUT2D eigenvalue weighted by Crippen LogP contribution is 2.46. The average Bonchev–Trinajstić information content (AvgIpc) is 3.85. The second-order valence-corrected chi connectivity index (χ2v) is 15.6. The van der Waals surface area contributed by atoms with E-state index in [1.807, 2.05) is 41.7 Å². The molecular formula is C54H35FN2S. The van der Waals surface area contributed by atoms with Crippen LogP contribution in [0.25, 0.3) is 81.0 Å². The minimum atomic E-state index is -0.223. The van der Waals surface area contributed by atoms with Gasteiger partial charge in [0.25, 0.3) is 0 Å². The van der Waals surface area contributed by atoms with Gasteiger partial charge in [-0.1, -0.05) is 158 Å². The van der Waals surface area contributed by atoms with Gasteiger partial charge in [0.15, 0.2) is 0 Å². The summed E-state index contributed by atoms with van der Waals surface area (Å²) in [6.07, 6.45) is 0. The quantitative estimate of drug-likeness (QED) is 0.157. The van der Waals surface area contributed by atoms with Gasteiger partial charge in [-0.3, -0.25) is 0 Å². The lowest BCUT2D eigenvalue weighted by Gasteiger charge is -2.28. The molecule has 4 heteroatoms. The molecule has 0 atom stereocenters. The number of benzene rings is 9. The normalized spacial score (nSPS) is 11.5. The highest BCUT2D eigenvalue weighted by atomic mass is 32.1. The van der Waals surface area contributed by atoms with Crippen molar-refractivity contribution in [3.8, 4) is 39.1 Å². The first-order valence-electron chi connectivity index (χ1n) is 19.5. The van der Waals surface area contributed by atoms with Gasteiger partial charge in [-0.05, 0) is 88.0 Å². The number of fused-ring (bicyclic) bond motifs is 6. The van der Waals surface area contributed by atoms with Crippen LogP contribution in [0.1, 0.15) is 0 Å². The highest BCUT2D eigenvalue weighted by molar-refractivity contribution is 7.26. The van der Waals surface area contributed by atoms with Gasteiger partial charge in [-0.2, -0.15) is 0 Å². The maximum absolute atomic E-state index is 15.6. The van der Waals surface area contributed by atoms with Crippen LogP contribution in [0.5, 0.6) is 0 Å². The summed E-state index contributed by atoms with van der Waals surface area (Å²) in [6, 6.07) is 74.1. The molecule has 0 bridgehead atoms. The van der Waals surface area contributed by atoms with Crippen LogP contribution >= 0.6 is 11.3 Å². The van der Waals surface area contributed by atoms with E-state index in [0.29, 0.717) is 5.39 Å². The minimum Gasteiger partial charge on any atom is -0.308 e. The zero-order valence-electron chi connectivity index (χ0n) is 31.4. The number of halogens is 1. The Hall–Kier alpha value is -7.27. The standard InChI is InChI=1S/C54H35FN2S/c55-47-23-13-27-51-52(47)46-18-7-8-24-48(46)57(51)50-26-10-9-25-49(50)56(40-32-28-37(29-33-40)36-14-3-1-4-15-36)41-34-30-39(31-35-41)43-20-12-22-45-44-21-11-19-42(53(44)58-54(43)45)38-16-5-2-6-17-38/h1-35H. The van der Waals surface area contributed by atoms with Gasteiger partial charge < -0.3 is 9.47 Å². The molecule has 0 unspecified atom stereocenters. The number of anilines is 3.